The lowest BCUT2D eigenvalue weighted by Crippen LogP contribution is -2.33. The molecule has 1 aromatic carbocycles. The Morgan fingerprint density at radius 3 is 2.17 bits per heavy atom. The van der Waals surface area contributed by atoms with E-state index in [1.165, 1.54) is 12.1 Å². The Morgan fingerprint density at radius 2 is 1.67 bits per heavy atom. The molecule has 1 saturated carbocycles. The maximum atomic E-state index is 12.2. The van der Waals surface area contributed by atoms with E-state index in [0.717, 1.165) is 25.7 Å². The van der Waals surface area contributed by atoms with Gasteiger partial charge in [0.1, 0.15) is 4.90 Å². The van der Waals surface area contributed by atoms with Gasteiger partial charge in [-0.1, -0.05) is 36.0 Å². The van der Waals surface area contributed by atoms with Crippen molar-refractivity contribution in [3.8, 4) is 0 Å². The van der Waals surface area contributed by atoms with E-state index in [9.17, 15) is 8.42 Å². The SMILES string of the molecule is Nc1cc(Cl)c(S(=O)(=O)NC2CCCC2)c(Cl)c1. The number of sulfonamides is 1. The molecule has 0 amide bonds. The summed E-state index contributed by atoms with van der Waals surface area (Å²) in [5.74, 6) is 0. The third-order valence-electron chi connectivity index (χ3n) is 2.97. The lowest BCUT2D eigenvalue weighted by atomic mass is 10.3. The summed E-state index contributed by atoms with van der Waals surface area (Å²) in [4.78, 5) is -0.0908. The molecule has 7 heteroatoms. The summed E-state index contributed by atoms with van der Waals surface area (Å²) in [6.45, 7) is 0. The first-order valence-corrected chi connectivity index (χ1v) is 7.91. The normalized spacial score (nSPS) is 17.2. The lowest BCUT2D eigenvalue weighted by Gasteiger charge is -2.14. The predicted molar refractivity (Wildman–Crippen MR) is 73.5 cm³/mol. The first-order chi connectivity index (χ1) is 8.40. The lowest BCUT2D eigenvalue weighted by molar-refractivity contribution is 0.552. The number of hydrogen-bond acceptors (Lipinski definition) is 3. The second-order valence-corrected chi connectivity index (χ2v) is 6.88. The molecular formula is C11H14Cl2N2O2S. The second kappa shape index (κ2) is 5.25. The highest BCUT2D eigenvalue weighted by Gasteiger charge is 2.27. The Kier molecular flexibility index (Phi) is 4.06. The molecule has 1 aromatic rings. The number of anilines is 1. The quantitative estimate of drug-likeness (QED) is 0.843. The molecule has 4 nitrogen and oxygen atoms in total. The standard InChI is InChI=1S/C11H14Cl2N2O2S/c12-9-5-7(14)6-10(13)11(9)18(16,17)15-8-3-1-2-4-8/h5-6,8,15H,1-4,14H2. The largest absolute Gasteiger partial charge is 0.399 e. The molecule has 1 aliphatic carbocycles. The van der Waals surface area contributed by atoms with Crippen molar-refractivity contribution >= 4 is 38.9 Å². The average molecular weight is 309 g/mol. The molecule has 1 aliphatic rings. The zero-order chi connectivity index (χ0) is 13.3. The molecule has 0 radical (unpaired) electrons. The maximum absolute atomic E-state index is 12.2. The van der Waals surface area contributed by atoms with Gasteiger partial charge in [0.15, 0.2) is 0 Å². The van der Waals surface area contributed by atoms with Gasteiger partial charge < -0.3 is 5.73 Å². The Morgan fingerprint density at radius 1 is 1.17 bits per heavy atom. The van der Waals surface area contributed by atoms with Crippen LogP contribution in [0.5, 0.6) is 0 Å². The van der Waals surface area contributed by atoms with Crippen LogP contribution in [0.2, 0.25) is 10.0 Å². The maximum Gasteiger partial charge on any atom is 0.243 e. The van der Waals surface area contributed by atoms with Crippen LogP contribution in [-0.2, 0) is 10.0 Å². The summed E-state index contributed by atoms with van der Waals surface area (Å²) in [5, 5.41) is 0.0935. The van der Waals surface area contributed by atoms with E-state index < -0.39 is 10.0 Å². The number of nitrogen functional groups attached to an aromatic ring is 1. The van der Waals surface area contributed by atoms with E-state index >= 15 is 0 Å². The summed E-state index contributed by atoms with van der Waals surface area (Å²) in [6, 6.07) is 2.74. The van der Waals surface area contributed by atoms with Crippen LogP contribution < -0.4 is 10.5 Å². The van der Waals surface area contributed by atoms with E-state index in [1.54, 1.807) is 0 Å². The van der Waals surface area contributed by atoms with Gasteiger partial charge in [-0.05, 0) is 25.0 Å². The van der Waals surface area contributed by atoms with Gasteiger partial charge in [-0.3, -0.25) is 0 Å². The van der Waals surface area contributed by atoms with Crippen LogP contribution in [0.1, 0.15) is 25.7 Å². The van der Waals surface area contributed by atoms with Gasteiger partial charge in [0, 0.05) is 11.7 Å². The van der Waals surface area contributed by atoms with Crippen LogP contribution in [0.15, 0.2) is 17.0 Å². The summed E-state index contributed by atoms with van der Waals surface area (Å²) >= 11 is 11.8. The minimum absolute atomic E-state index is 0.0281. The molecule has 0 atom stereocenters. The molecule has 3 N–H and O–H groups in total. The molecule has 2 rings (SSSR count). The van der Waals surface area contributed by atoms with Crippen molar-refractivity contribution in [3.05, 3.63) is 22.2 Å². The van der Waals surface area contributed by atoms with Crippen molar-refractivity contribution in [1.82, 2.24) is 4.72 Å². The first-order valence-electron chi connectivity index (χ1n) is 5.67. The highest BCUT2D eigenvalue weighted by Crippen LogP contribution is 2.32. The molecule has 0 heterocycles. The zero-order valence-electron chi connectivity index (χ0n) is 9.62. The van der Waals surface area contributed by atoms with Gasteiger partial charge in [0.25, 0.3) is 0 Å². The molecule has 0 bridgehead atoms. The van der Waals surface area contributed by atoms with Gasteiger partial charge in [0.2, 0.25) is 10.0 Å². The number of halogens is 2. The summed E-state index contributed by atoms with van der Waals surface area (Å²) in [6.07, 6.45) is 3.78. The molecule has 0 aromatic heterocycles. The Labute approximate surface area is 117 Å². The molecule has 0 unspecified atom stereocenters. The van der Waals surface area contributed by atoms with Gasteiger partial charge in [-0.15, -0.1) is 0 Å². The van der Waals surface area contributed by atoms with E-state index in [2.05, 4.69) is 4.72 Å². The van der Waals surface area contributed by atoms with Gasteiger partial charge >= 0.3 is 0 Å². The third-order valence-corrected chi connectivity index (χ3v) is 5.41. The smallest absolute Gasteiger partial charge is 0.243 e. The highest BCUT2D eigenvalue weighted by atomic mass is 35.5. The van der Waals surface area contributed by atoms with Crippen molar-refractivity contribution in [2.45, 2.75) is 36.6 Å². The van der Waals surface area contributed by atoms with Crippen molar-refractivity contribution < 1.29 is 8.42 Å². The van der Waals surface area contributed by atoms with Crippen LogP contribution >= 0.6 is 23.2 Å². The molecule has 0 saturated heterocycles. The number of nitrogens with two attached hydrogens (primary N) is 1. The van der Waals surface area contributed by atoms with Gasteiger partial charge in [-0.2, -0.15) is 0 Å². The molecule has 18 heavy (non-hydrogen) atoms. The Balaban J connectivity index is 2.34. The number of nitrogens with one attached hydrogen (secondary N) is 1. The van der Waals surface area contributed by atoms with Crippen molar-refractivity contribution in [2.75, 3.05) is 5.73 Å². The summed E-state index contributed by atoms with van der Waals surface area (Å²) < 4.78 is 27.1. The molecule has 100 valence electrons. The predicted octanol–water partition coefficient (Wildman–Crippen LogP) is 2.80. The fraction of sp³-hybridized carbons (Fsp3) is 0.455. The Hall–Kier alpha value is -0.490. The van der Waals surface area contributed by atoms with Crippen molar-refractivity contribution in [1.29, 1.82) is 0 Å². The third kappa shape index (κ3) is 2.91. The minimum atomic E-state index is -3.69. The minimum Gasteiger partial charge on any atom is -0.399 e. The summed E-state index contributed by atoms with van der Waals surface area (Å²) in [7, 11) is -3.69. The summed E-state index contributed by atoms with van der Waals surface area (Å²) in [5.41, 5.74) is 5.89. The molecule has 0 aliphatic heterocycles. The van der Waals surface area contributed by atoms with Crippen LogP contribution in [0.4, 0.5) is 5.69 Å². The van der Waals surface area contributed by atoms with E-state index in [0.29, 0.717) is 5.69 Å². The van der Waals surface area contributed by atoms with Crippen LogP contribution in [0.3, 0.4) is 0 Å². The van der Waals surface area contributed by atoms with Crippen LogP contribution in [0.25, 0.3) is 0 Å². The fourth-order valence-corrected chi connectivity index (χ4v) is 4.70. The molecule has 0 spiro atoms. The monoisotopic (exact) mass is 308 g/mol. The number of benzene rings is 1. The van der Waals surface area contributed by atoms with Gasteiger partial charge in [-0.25, -0.2) is 13.1 Å². The van der Waals surface area contributed by atoms with Crippen molar-refractivity contribution in [2.24, 2.45) is 0 Å². The second-order valence-electron chi connectivity index (χ2n) is 4.42. The van der Waals surface area contributed by atoms with Crippen LogP contribution in [-0.4, -0.2) is 14.5 Å². The number of hydrogen-bond donors (Lipinski definition) is 2. The van der Waals surface area contributed by atoms with Crippen molar-refractivity contribution in [3.63, 3.8) is 0 Å². The first kappa shape index (κ1) is 13.9. The Bertz CT molecular complexity index is 531. The topological polar surface area (TPSA) is 72.2 Å². The zero-order valence-corrected chi connectivity index (χ0v) is 11.9. The number of rotatable bonds is 3. The highest BCUT2D eigenvalue weighted by molar-refractivity contribution is 7.89. The van der Waals surface area contributed by atoms with Gasteiger partial charge in [0.05, 0.1) is 10.0 Å². The van der Waals surface area contributed by atoms with Crippen LogP contribution in [0, 0.1) is 0 Å². The molecular weight excluding hydrogens is 295 g/mol. The van der Waals surface area contributed by atoms with E-state index in [4.69, 9.17) is 28.9 Å². The fourth-order valence-electron chi connectivity index (χ4n) is 2.16. The average Bonchev–Trinajstić information content (AvgIpc) is 2.66. The van der Waals surface area contributed by atoms with E-state index in [-0.39, 0.29) is 21.0 Å². The van der Waals surface area contributed by atoms with E-state index in [1.807, 2.05) is 0 Å². The molecule has 1 fully saturated rings.